The molecule has 2 aliphatic heterocycles. The Labute approximate surface area is 109 Å². The van der Waals surface area contributed by atoms with E-state index in [9.17, 15) is 0 Å². The van der Waals surface area contributed by atoms with E-state index in [-0.39, 0.29) is 6.61 Å². The van der Waals surface area contributed by atoms with Gasteiger partial charge in [0.15, 0.2) is 0 Å². The highest BCUT2D eigenvalue weighted by Gasteiger charge is 2.26. The maximum atomic E-state index is 8.83. The predicted molar refractivity (Wildman–Crippen MR) is 67.5 cm³/mol. The normalized spacial score (nSPS) is 26.2. The zero-order chi connectivity index (χ0) is 13.2. The summed E-state index contributed by atoms with van der Waals surface area (Å²) in [6.07, 6.45) is 4.38. The minimum absolute atomic E-state index is 0.0935. The third-order valence-corrected chi connectivity index (χ3v) is 2.76. The van der Waals surface area contributed by atoms with Crippen LogP contribution in [0.4, 0.5) is 0 Å². The van der Waals surface area contributed by atoms with E-state index in [1.807, 2.05) is 0 Å². The van der Waals surface area contributed by atoms with Gasteiger partial charge in [-0.1, -0.05) is 26.2 Å². The highest BCUT2D eigenvalue weighted by atomic mass is 16.6. The first-order valence-corrected chi connectivity index (χ1v) is 6.86. The van der Waals surface area contributed by atoms with E-state index in [1.165, 1.54) is 0 Å². The SMILES string of the molecule is C(OCC1CO1)C1CO1.CCCCCC(O)CO. The van der Waals surface area contributed by atoms with E-state index in [1.54, 1.807) is 0 Å². The molecule has 3 unspecified atom stereocenters. The second-order valence-electron chi connectivity index (χ2n) is 4.78. The Morgan fingerprint density at radius 1 is 1.17 bits per heavy atom. The molecule has 108 valence electrons. The zero-order valence-corrected chi connectivity index (χ0v) is 11.2. The number of hydrogen-bond donors (Lipinski definition) is 2. The van der Waals surface area contributed by atoms with Gasteiger partial charge in [0.2, 0.25) is 0 Å². The highest BCUT2D eigenvalue weighted by molar-refractivity contribution is 4.71. The number of aliphatic hydroxyl groups is 2. The van der Waals surface area contributed by atoms with E-state index in [0.29, 0.717) is 12.2 Å². The molecule has 5 nitrogen and oxygen atoms in total. The molecule has 0 saturated carbocycles. The van der Waals surface area contributed by atoms with Crippen molar-refractivity contribution in [3.63, 3.8) is 0 Å². The van der Waals surface area contributed by atoms with E-state index in [2.05, 4.69) is 6.92 Å². The summed E-state index contributed by atoms with van der Waals surface area (Å²) in [4.78, 5) is 0. The lowest BCUT2D eigenvalue weighted by Crippen LogP contribution is -2.10. The molecule has 0 aromatic rings. The topological polar surface area (TPSA) is 74.8 Å². The smallest absolute Gasteiger partial charge is 0.104 e. The fourth-order valence-corrected chi connectivity index (χ4v) is 1.38. The Balaban J connectivity index is 0.000000180. The van der Waals surface area contributed by atoms with Crippen LogP contribution in [0.1, 0.15) is 32.6 Å². The molecule has 2 heterocycles. The standard InChI is InChI=1S/C7H16O2.C6H10O3/c1-2-3-4-5-7(9)6-8;1(5-3-8-5)7-2-6-4-9-6/h7-9H,2-6H2,1H3;5-6H,1-4H2. The Kier molecular flexibility index (Phi) is 8.54. The molecule has 0 radical (unpaired) electrons. The number of ether oxygens (including phenoxy) is 3. The molecule has 0 spiro atoms. The summed E-state index contributed by atoms with van der Waals surface area (Å²) < 4.78 is 15.1. The molecule has 2 saturated heterocycles. The highest BCUT2D eigenvalue weighted by Crippen LogP contribution is 2.12. The summed E-state index contributed by atoms with van der Waals surface area (Å²) in [6, 6.07) is 0. The molecular formula is C13H26O5. The van der Waals surface area contributed by atoms with Crippen LogP contribution >= 0.6 is 0 Å². The molecule has 2 aliphatic rings. The molecule has 0 aromatic carbocycles. The van der Waals surface area contributed by atoms with Crippen LogP contribution in [-0.2, 0) is 14.2 Å². The van der Waals surface area contributed by atoms with Crippen molar-refractivity contribution in [2.24, 2.45) is 0 Å². The van der Waals surface area contributed by atoms with E-state index in [0.717, 1.165) is 52.1 Å². The minimum Gasteiger partial charge on any atom is -0.394 e. The van der Waals surface area contributed by atoms with Crippen LogP contribution in [0.25, 0.3) is 0 Å². The largest absolute Gasteiger partial charge is 0.394 e. The van der Waals surface area contributed by atoms with Crippen LogP contribution in [0, 0.1) is 0 Å². The fraction of sp³-hybridized carbons (Fsp3) is 1.00. The van der Waals surface area contributed by atoms with Crippen molar-refractivity contribution in [3.8, 4) is 0 Å². The van der Waals surface area contributed by atoms with Gasteiger partial charge in [0, 0.05) is 0 Å². The van der Waals surface area contributed by atoms with Crippen molar-refractivity contribution < 1.29 is 24.4 Å². The lowest BCUT2D eigenvalue weighted by Gasteiger charge is -2.04. The van der Waals surface area contributed by atoms with Crippen LogP contribution in [0.5, 0.6) is 0 Å². The summed E-state index contributed by atoms with van der Waals surface area (Å²) in [7, 11) is 0. The van der Waals surface area contributed by atoms with Gasteiger partial charge in [-0.25, -0.2) is 0 Å². The van der Waals surface area contributed by atoms with Crippen molar-refractivity contribution in [2.45, 2.75) is 50.9 Å². The quantitative estimate of drug-likeness (QED) is 0.473. The summed E-state index contributed by atoms with van der Waals surface area (Å²) in [5.41, 5.74) is 0. The van der Waals surface area contributed by atoms with Gasteiger partial charge >= 0.3 is 0 Å². The van der Waals surface area contributed by atoms with Crippen LogP contribution in [0.3, 0.4) is 0 Å². The summed E-state index contributed by atoms with van der Waals surface area (Å²) in [6.45, 7) is 5.28. The number of rotatable bonds is 9. The average molecular weight is 262 g/mol. The molecule has 0 bridgehead atoms. The van der Waals surface area contributed by atoms with Gasteiger partial charge in [-0.05, 0) is 6.42 Å². The van der Waals surface area contributed by atoms with E-state index in [4.69, 9.17) is 24.4 Å². The molecule has 5 heteroatoms. The first-order chi connectivity index (χ1) is 8.76. The maximum Gasteiger partial charge on any atom is 0.104 e. The molecule has 0 aliphatic carbocycles. The van der Waals surface area contributed by atoms with Gasteiger partial charge in [0.25, 0.3) is 0 Å². The molecule has 2 rings (SSSR count). The first-order valence-electron chi connectivity index (χ1n) is 6.86. The van der Waals surface area contributed by atoms with Gasteiger partial charge < -0.3 is 24.4 Å². The average Bonchev–Trinajstić information content (AvgIpc) is 3.24. The monoisotopic (exact) mass is 262 g/mol. The number of aliphatic hydroxyl groups excluding tert-OH is 2. The zero-order valence-electron chi connectivity index (χ0n) is 11.2. The van der Waals surface area contributed by atoms with Crippen LogP contribution < -0.4 is 0 Å². The molecule has 0 aromatic heterocycles. The number of hydrogen-bond acceptors (Lipinski definition) is 5. The molecule has 0 amide bonds. The van der Waals surface area contributed by atoms with Crippen molar-refractivity contribution in [1.82, 2.24) is 0 Å². The summed E-state index contributed by atoms with van der Waals surface area (Å²) in [5, 5.41) is 17.2. The van der Waals surface area contributed by atoms with Crippen molar-refractivity contribution in [3.05, 3.63) is 0 Å². The Bertz CT molecular complexity index is 180. The van der Waals surface area contributed by atoms with Gasteiger partial charge in [-0.15, -0.1) is 0 Å². The Hall–Kier alpha value is -0.200. The third-order valence-electron chi connectivity index (χ3n) is 2.76. The summed E-state index contributed by atoms with van der Waals surface area (Å²) in [5.74, 6) is 0. The minimum atomic E-state index is -0.489. The van der Waals surface area contributed by atoms with Crippen molar-refractivity contribution >= 4 is 0 Å². The van der Waals surface area contributed by atoms with Gasteiger partial charge in [-0.3, -0.25) is 0 Å². The lowest BCUT2D eigenvalue weighted by molar-refractivity contribution is 0.0861. The van der Waals surface area contributed by atoms with Gasteiger partial charge in [0.1, 0.15) is 12.2 Å². The summed E-state index contributed by atoms with van der Waals surface area (Å²) >= 11 is 0. The van der Waals surface area contributed by atoms with E-state index < -0.39 is 6.10 Å². The molecule has 2 N–H and O–H groups in total. The first kappa shape index (κ1) is 15.9. The molecule has 3 atom stereocenters. The Morgan fingerprint density at radius 3 is 2.11 bits per heavy atom. The van der Waals surface area contributed by atoms with Crippen molar-refractivity contribution in [1.29, 1.82) is 0 Å². The van der Waals surface area contributed by atoms with E-state index >= 15 is 0 Å². The lowest BCUT2D eigenvalue weighted by atomic mass is 10.1. The van der Waals surface area contributed by atoms with Gasteiger partial charge in [-0.2, -0.15) is 0 Å². The van der Waals surface area contributed by atoms with Crippen LogP contribution in [0.15, 0.2) is 0 Å². The Morgan fingerprint density at radius 2 is 1.72 bits per heavy atom. The maximum absolute atomic E-state index is 8.83. The van der Waals surface area contributed by atoms with Gasteiger partial charge in [0.05, 0.1) is 39.1 Å². The molecule has 18 heavy (non-hydrogen) atoms. The number of unbranched alkanes of at least 4 members (excludes halogenated alkanes) is 2. The third kappa shape index (κ3) is 9.79. The number of epoxide rings is 2. The van der Waals surface area contributed by atoms with Crippen molar-refractivity contribution in [2.75, 3.05) is 33.0 Å². The predicted octanol–water partition coefficient (Wildman–Crippen LogP) is 0.720. The fourth-order valence-electron chi connectivity index (χ4n) is 1.38. The second-order valence-corrected chi connectivity index (χ2v) is 4.78. The van der Waals surface area contributed by atoms with Crippen LogP contribution in [-0.4, -0.2) is 61.6 Å². The molecular weight excluding hydrogens is 236 g/mol. The molecule has 2 fully saturated rings. The second kappa shape index (κ2) is 9.69. The van der Waals surface area contributed by atoms with Crippen LogP contribution in [0.2, 0.25) is 0 Å².